The zero-order valence-corrected chi connectivity index (χ0v) is 13.3. The van der Waals surface area contributed by atoms with Gasteiger partial charge in [0.1, 0.15) is 5.82 Å². The van der Waals surface area contributed by atoms with Crippen LogP contribution in [0.25, 0.3) is 0 Å². The van der Waals surface area contributed by atoms with Gasteiger partial charge in [0.25, 0.3) is 0 Å². The average molecular weight is 292 g/mol. The summed E-state index contributed by atoms with van der Waals surface area (Å²) in [6, 6.07) is 3.34. The van der Waals surface area contributed by atoms with Crippen LogP contribution in [-0.4, -0.2) is 12.5 Å². The predicted molar refractivity (Wildman–Crippen MR) is 83.8 cm³/mol. The van der Waals surface area contributed by atoms with Crippen molar-refractivity contribution in [3.05, 3.63) is 29.1 Å². The lowest BCUT2D eigenvalue weighted by Crippen LogP contribution is -2.34. The number of fused-ring (bicyclic) bond motifs is 1. The van der Waals surface area contributed by atoms with Gasteiger partial charge in [-0.15, -0.1) is 0 Å². The highest BCUT2D eigenvalue weighted by molar-refractivity contribution is 5.93. The number of rotatable bonds is 4. The summed E-state index contributed by atoms with van der Waals surface area (Å²) in [7, 11) is 0. The van der Waals surface area contributed by atoms with Crippen LogP contribution < -0.4 is 10.6 Å². The van der Waals surface area contributed by atoms with Crippen molar-refractivity contribution in [1.82, 2.24) is 5.32 Å². The first-order valence-electron chi connectivity index (χ1n) is 7.68. The Hall–Kier alpha value is -1.42. The van der Waals surface area contributed by atoms with Crippen LogP contribution in [0.15, 0.2) is 12.1 Å². The van der Waals surface area contributed by atoms with E-state index in [0.717, 1.165) is 18.5 Å². The summed E-state index contributed by atoms with van der Waals surface area (Å²) in [5.74, 6) is -0.286. The summed E-state index contributed by atoms with van der Waals surface area (Å²) < 4.78 is 14.5. The Bertz CT molecular complexity index is 534. The standard InChI is InChI=1S/C17H25FN2O/c1-5-8-19-16(17(2,3)4)12-9-11-6-7-15(21)20-14(11)10-13(12)18/h9-10,16,19H,5-8H2,1-4H3,(H,20,21). The van der Waals surface area contributed by atoms with E-state index in [4.69, 9.17) is 0 Å². The molecule has 0 spiro atoms. The molecule has 0 fully saturated rings. The van der Waals surface area contributed by atoms with Crippen LogP contribution in [0, 0.1) is 11.2 Å². The van der Waals surface area contributed by atoms with Gasteiger partial charge in [-0.05, 0) is 42.5 Å². The number of benzene rings is 1. The van der Waals surface area contributed by atoms with Gasteiger partial charge in [-0.3, -0.25) is 4.79 Å². The van der Waals surface area contributed by atoms with Gasteiger partial charge in [-0.1, -0.05) is 27.7 Å². The number of amides is 1. The molecule has 21 heavy (non-hydrogen) atoms. The molecule has 0 radical (unpaired) electrons. The Labute approximate surface area is 126 Å². The smallest absolute Gasteiger partial charge is 0.224 e. The topological polar surface area (TPSA) is 41.1 Å². The molecule has 0 aliphatic carbocycles. The maximum Gasteiger partial charge on any atom is 0.224 e. The number of hydrogen-bond acceptors (Lipinski definition) is 2. The fourth-order valence-corrected chi connectivity index (χ4v) is 2.81. The van der Waals surface area contributed by atoms with E-state index in [1.54, 1.807) is 0 Å². The molecule has 3 nitrogen and oxygen atoms in total. The number of anilines is 1. The van der Waals surface area contributed by atoms with Crippen LogP contribution in [0.5, 0.6) is 0 Å². The van der Waals surface area contributed by atoms with E-state index in [9.17, 15) is 9.18 Å². The first-order chi connectivity index (χ1) is 9.82. The minimum Gasteiger partial charge on any atom is -0.326 e. The SMILES string of the molecule is CCCNC(c1cc2c(cc1F)NC(=O)CC2)C(C)(C)C. The monoisotopic (exact) mass is 292 g/mol. The molecule has 0 bridgehead atoms. The minimum atomic E-state index is -0.250. The van der Waals surface area contributed by atoms with E-state index in [2.05, 4.69) is 38.3 Å². The van der Waals surface area contributed by atoms with Crippen LogP contribution in [0.3, 0.4) is 0 Å². The second-order valence-electron chi connectivity index (χ2n) is 6.83. The first kappa shape index (κ1) is 16.0. The fraction of sp³-hybridized carbons (Fsp3) is 0.588. The molecule has 1 aromatic rings. The largest absolute Gasteiger partial charge is 0.326 e. The number of hydrogen-bond donors (Lipinski definition) is 2. The van der Waals surface area contributed by atoms with Crippen molar-refractivity contribution in [2.75, 3.05) is 11.9 Å². The van der Waals surface area contributed by atoms with Crippen LogP contribution in [-0.2, 0) is 11.2 Å². The van der Waals surface area contributed by atoms with Crippen molar-refractivity contribution < 1.29 is 9.18 Å². The fourth-order valence-electron chi connectivity index (χ4n) is 2.81. The van der Waals surface area contributed by atoms with Gasteiger partial charge in [0.15, 0.2) is 0 Å². The van der Waals surface area contributed by atoms with E-state index in [1.807, 2.05) is 6.07 Å². The number of nitrogens with one attached hydrogen (secondary N) is 2. The van der Waals surface area contributed by atoms with Gasteiger partial charge in [0.05, 0.1) is 0 Å². The van der Waals surface area contributed by atoms with Crippen LogP contribution in [0.4, 0.5) is 10.1 Å². The third-order valence-corrected chi connectivity index (χ3v) is 3.89. The molecule has 2 N–H and O–H groups in total. The number of halogens is 1. The molecule has 1 unspecified atom stereocenters. The maximum absolute atomic E-state index is 14.5. The lowest BCUT2D eigenvalue weighted by Gasteiger charge is -2.33. The van der Waals surface area contributed by atoms with Crippen molar-refractivity contribution in [3.63, 3.8) is 0 Å². The molecule has 1 amide bonds. The predicted octanol–water partition coefficient (Wildman–Crippen LogP) is 3.80. The van der Waals surface area contributed by atoms with Gasteiger partial charge in [0, 0.05) is 23.7 Å². The third kappa shape index (κ3) is 3.62. The normalized spacial score (nSPS) is 16.3. The lowest BCUT2D eigenvalue weighted by molar-refractivity contribution is -0.116. The minimum absolute atomic E-state index is 0.0360. The Morgan fingerprint density at radius 2 is 2.05 bits per heavy atom. The second-order valence-corrected chi connectivity index (χ2v) is 6.83. The quantitative estimate of drug-likeness (QED) is 0.886. The number of carbonyl (C=O) groups excluding carboxylic acids is 1. The van der Waals surface area contributed by atoms with E-state index in [-0.39, 0.29) is 23.2 Å². The summed E-state index contributed by atoms with van der Waals surface area (Å²) in [4.78, 5) is 11.4. The average Bonchev–Trinajstić information content (AvgIpc) is 2.38. The van der Waals surface area contributed by atoms with Crippen molar-refractivity contribution in [2.24, 2.45) is 5.41 Å². The molecule has 2 rings (SSSR count). The van der Waals surface area contributed by atoms with Crippen molar-refractivity contribution in [2.45, 2.75) is 53.0 Å². The van der Waals surface area contributed by atoms with Crippen molar-refractivity contribution in [3.8, 4) is 0 Å². The van der Waals surface area contributed by atoms with Crippen LogP contribution in [0.1, 0.15) is 57.7 Å². The van der Waals surface area contributed by atoms with E-state index in [0.29, 0.717) is 24.1 Å². The molecular weight excluding hydrogens is 267 g/mol. The number of carbonyl (C=O) groups is 1. The molecule has 4 heteroatoms. The van der Waals surface area contributed by atoms with E-state index < -0.39 is 0 Å². The second kappa shape index (κ2) is 6.14. The highest BCUT2D eigenvalue weighted by Gasteiger charge is 2.29. The molecule has 1 aromatic carbocycles. The Balaban J connectivity index is 2.39. The van der Waals surface area contributed by atoms with Gasteiger partial charge >= 0.3 is 0 Å². The summed E-state index contributed by atoms with van der Waals surface area (Å²) in [6.07, 6.45) is 2.16. The molecule has 0 aromatic heterocycles. The summed E-state index contributed by atoms with van der Waals surface area (Å²) in [5, 5.41) is 6.20. The molecule has 116 valence electrons. The summed E-state index contributed by atoms with van der Waals surface area (Å²) in [5.41, 5.74) is 2.27. The molecule has 1 heterocycles. The molecule has 1 aliphatic heterocycles. The zero-order chi connectivity index (χ0) is 15.6. The Morgan fingerprint density at radius 1 is 1.33 bits per heavy atom. The number of aryl methyl sites for hydroxylation is 1. The van der Waals surface area contributed by atoms with Crippen LogP contribution >= 0.6 is 0 Å². The highest BCUT2D eigenvalue weighted by Crippen LogP contribution is 2.37. The first-order valence-corrected chi connectivity index (χ1v) is 7.68. The van der Waals surface area contributed by atoms with Crippen molar-refractivity contribution in [1.29, 1.82) is 0 Å². The zero-order valence-electron chi connectivity index (χ0n) is 13.3. The van der Waals surface area contributed by atoms with Gasteiger partial charge in [-0.2, -0.15) is 0 Å². The molecule has 1 atom stereocenters. The van der Waals surface area contributed by atoms with E-state index in [1.165, 1.54) is 6.07 Å². The summed E-state index contributed by atoms with van der Waals surface area (Å²) in [6.45, 7) is 9.30. The third-order valence-electron chi connectivity index (χ3n) is 3.89. The van der Waals surface area contributed by atoms with Gasteiger partial charge in [-0.25, -0.2) is 4.39 Å². The Morgan fingerprint density at radius 3 is 2.67 bits per heavy atom. The highest BCUT2D eigenvalue weighted by atomic mass is 19.1. The maximum atomic E-state index is 14.5. The van der Waals surface area contributed by atoms with Crippen LogP contribution in [0.2, 0.25) is 0 Å². The Kier molecular flexibility index (Phi) is 4.67. The van der Waals surface area contributed by atoms with E-state index >= 15 is 0 Å². The van der Waals surface area contributed by atoms with Crippen molar-refractivity contribution >= 4 is 11.6 Å². The van der Waals surface area contributed by atoms with Gasteiger partial charge < -0.3 is 10.6 Å². The molecule has 0 saturated heterocycles. The van der Waals surface area contributed by atoms with Gasteiger partial charge in [0.2, 0.25) is 5.91 Å². The lowest BCUT2D eigenvalue weighted by atomic mass is 9.81. The summed E-state index contributed by atoms with van der Waals surface area (Å²) >= 11 is 0. The molecule has 0 saturated carbocycles. The molecular formula is C17H25FN2O. The molecule has 1 aliphatic rings.